The molecule has 1 fully saturated rings. The van der Waals surface area contributed by atoms with Gasteiger partial charge in [0.15, 0.2) is 6.21 Å². The molecular formula is C34H37N6O6+. The molecule has 2 N–H and O–H groups in total. The number of anilines is 2. The van der Waals surface area contributed by atoms with Gasteiger partial charge in [-0.05, 0) is 53.8 Å². The number of carbonyl (C=O) groups is 3. The average Bonchev–Trinajstić information content (AvgIpc) is 3.03. The average molecular weight is 626 g/mol. The van der Waals surface area contributed by atoms with Crippen LogP contribution < -0.4 is 10.6 Å². The first-order valence-corrected chi connectivity index (χ1v) is 15.0. The molecule has 3 aromatic carbocycles. The van der Waals surface area contributed by atoms with Crippen molar-refractivity contribution >= 4 is 46.7 Å². The topological polar surface area (TPSA) is 146 Å². The van der Waals surface area contributed by atoms with Gasteiger partial charge in [-0.2, -0.15) is 4.58 Å². The molecule has 3 aromatic rings. The zero-order valence-corrected chi connectivity index (χ0v) is 26.5. The Morgan fingerprint density at radius 1 is 1.07 bits per heavy atom. The fourth-order valence-electron chi connectivity index (χ4n) is 5.31. The van der Waals surface area contributed by atoms with E-state index in [0.717, 1.165) is 11.1 Å². The molecule has 12 heteroatoms. The number of ether oxygens (including phenoxy) is 1. The van der Waals surface area contributed by atoms with Crippen LogP contribution >= 0.6 is 0 Å². The Morgan fingerprint density at radius 2 is 1.76 bits per heavy atom. The number of aliphatic imine (C=N–C) groups is 1. The third-order valence-electron chi connectivity index (χ3n) is 8.06. The van der Waals surface area contributed by atoms with E-state index in [1.807, 2.05) is 25.1 Å². The summed E-state index contributed by atoms with van der Waals surface area (Å²) in [7, 11) is 1.60. The summed E-state index contributed by atoms with van der Waals surface area (Å²) in [6, 6.07) is 17.1. The number of rotatable bonds is 7. The predicted octanol–water partition coefficient (Wildman–Crippen LogP) is 4.41. The molecule has 1 unspecified atom stereocenters. The third-order valence-corrected chi connectivity index (χ3v) is 8.06. The third kappa shape index (κ3) is 6.86. The Bertz CT molecular complexity index is 1770. The molecule has 0 saturated carbocycles. The number of nitrogens with zero attached hydrogens (tertiary/aromatic N) is 4. The molecule has 0 radical (unpaired) electrons. The van der Waals surface area contributed by atoms with Gasteiger partial charge in [-0.1, -0.05) is 45.0 Å². The molecule has 46 heavy (non-hydrogen) atoms. The van der Waals surface area contributed by atoms with Crippen molar-refractivity contribution in [2.75, 3.05) is 44.0 Å². The van der Waals surface area contributed by atoms with Gasteiger partial charge in [0, 0.05) is 41.7 Å². The molecule has 2 aliphatic rings. The second kappa shape index (κ2) is 13.0. The van der Waals surface area contributed by atoms with Gasteiger partial charge in [-0.3, -0.25) is 19.7 Å². The van der Waals surface area contributed by atoms with Gasteiger partial charge in [-0.15, -0.1) is 0 Å². The second-order valence-electron chi connectivity index (χ2n) is 12.3. The highest BCUT2D eigenvalue weighted by atomic mass is 16.6. The maximum absolute atomic E-state index is 13.1. The summed E-state index contributed by atoms with van der Waals surface area (Å²) in [6.07, 6.45) is 0.510. The van der Waals surface area contributed by atoms with Crippen LogP contribution in [0.15, 0.2) is 65.7 Å². The molecule has 5 rings (SSSR count). The van der Waals surface area contributed by atoms with E-state index in [9.17, 15) is 24.5 Å². The predicted molar refractivity (Wildman–Crippen MR) is 175 cm³/mol. The SMILES string of the molecule is Cc1c(NC(=O)c2ccc(C(C)(C)C)cc2)cccc1C1=NC(Nc2ccc(C(=O)N3CCOCC3)c([N+](=O)[O-])c2)C(=O)[N+](C)=C1. The number of likely N-dealkylation sites (N-methyl/N-ethyl adjacent to an activating group) is 1. The first kappa shape index (κ1) is 32.2. The van der Waals surface area contributed by atoms with Crippen LogP contribution in [0, 0.1) is 17.0 Å². The summed E-state index contributed by atoms with van der Waals surface area (Å²) in [5.74, 6) is -1.07. The highest BCUT2D eigenvalue weighted by Crippen LogP contribution is 2.27. The monoisotopic (exact) mass is 625 g/mol. The number of amides is 3. The summed E-state index contributed by atoms with van der Waals surface area (Å²) in [6.45, 7) is 9.63. The van der Waals surface area contributed by atoms with E-state index in [0.29, 0.717) is 48.8 Å². The van der Waals surface area contributed by atoms with Crippen LogP contribution in [0.5, 0.6) is 0 Å². The van der Waals surface area contributed by atoms with E-state index in [-0.39, 0.29) is 34.2 Å². The van der Waals surface area contributed by atoms with E-state index in [1.165, 1.54) is 27.7 Å². The molecule has 0 aromatic heterocycles. The summed E-state index contributed by atoms with van der Waals surface area (Å²) in [5, 5.41) is 17.9. The number of hydrogen-bond acceptors (Lipinski definition) is 8. The largest absolute Gasteiger partial charge is 0.431 e. The number of morpholine rings is 1. The van der Waals surface area contributed by atoms with E-state index in [4.69, 9.17) is 4.74 Å². The van der Waals surface area contributed by atoms with Crippen molar-refractivity contribution < 1.29 is 28.6 Å². The van der Waals surface area contributed by atoms with Gasteiger partial charge in [0.2, 0.25) is 6.17 Å². The summed E-state index contributed by atoms with van der Waals surface area (Å²) < 4.78 is 6.68. The summed E-state index contributed by atoms with van der Waals surface area (Å²) in [5.41, 5.74) is 4.00. The molecule has 3 amide bonds. The van der Waals surface area contributed by atoms with Crippen LogP contribution in [-0.2, 0) is 14.9 Å². The zero-order valence-electron chi connectivity index (χ0n) is 26.5. The molecule has 238 valence electrons. The van der Waals surface area contributed by atoms with E-state index < -0.39 is 17.0 Å². The van der Waals surface area contributed by atoms with E-state index in [1.54, 1.807) is 37.5 Å². The lowest BCUT2D eigenvalue weighted by molar-refractivity contribution is -0.414. The van der Waals surface area contributed by atoms with Crippen molar-refractivity contribution in [3.8, 4) is 0 Å². The lowest BCUT2D eigenvalue weighted by Crippen LogP contribution is -2.41. The maximum Gasteiger partial charge on any atom is 0.431 e. The van der Waals surface area contributed by atoms with Crippen molar-refractivity contribution in [3.05, 3.63) is 98.6 Å². The quantitative estimate of drug-likeness (QED) is 0.225. The van der Waals surface area contributed by atoms with Crippen LogP contribution in [0.4, 0.5) is 17.1 Å². The first-order valence-electron chi connectivity index (χ1n) is 15.0. The molecule has 1 atom stereocenters. The van der Waals surface area contributed by atoms with Crippen LogP contribution in [-0.4, -0.2) is 83.6 Å². The highest BCUT2D eigenvalue weighted by Gasteiger charge is 2.33. The Hall–Kier alpha value is -5.23. The Morgan fingerprint density at radius 3 is 2.41 bits per heavy atom. The molecular weight excluding hydrogens is 588 g/mol. The van der Waals surface area contributed by atoms with Crippen molar-refractivity contribution in [1.82, 2.24) is 4.90 Å². The standard InChI is InChI=1S/C34H36N6O6/c1-21-25(7-6-8-27(21)37-31(41)22-9-11-23(12-10-22)34(2,3)4)28-20-38(5)33(43)30(36-28)35-24-13-14-26(29(19-24)40(44)45)32(42)39-15-17-46-18-16-39/h6-14,19-20,30H,15-18H2,1-5H3,(H-,35,37,41,42)/p+1. The molecule has 2 heterocycles. The summed E-state index contributed by atoms with van der Waals surface area (Å²) >= 11 is 0. The van der Waals surface area contributed by atoms with Crippen LogP contribution in [0.1, 0.15) is 58.2 Å². The minimum absolute atomic E-state index is 0.0291. The Balaban J connectivity index is 1.38. The first-order chi connectivity index (χ1) is 21.8. The van der Waals surface area contributed by atoms with Gasteiger partial charge in [-0.25, -0.2) is 9.79 Å². The second-order valence-corrected chi connectivity index (χ2v) is 12.3. The van der Waals surface area contributed by atoms with E-state index >= 15 is 0 Å². The Labute approximate surface area is 266 Å². The van der Waals surface area contributed by atoms with Crippen molar-refractivity contribution in [2.24, 2.45) is 4.99 Å². The molecule has 12 nitrogen and oxygen atoms in total. The Kier molecular flexibility index (Phi) is 9.10. The van der Waals surface area contributed by atoms with Gasteiger partial charge < -0.3 is 20.3 Å². The highest BCUT2D eigenvalue weighted by molar-refractivity contribution is 6.38. The molecule has 0 aliphatic carbocycles. The number of nitro groups is 1. The maximum atomic E-state index is 13.1. The number of hydrogen-bond donors (Lipinski definition) is 2. The van der Waals surface area contributed by atoms with Crippen LogP contribution in [0.2, 0.25) is 0 Å². The molecule has 0 bridgehead atoms. The number of nitrogens with one attached hydrogen (secondary N) is 2. The number of benzene rings is 3. The van der Waals surface area contributed by atoms with Crippen molar-refractivity contribution in [2.45, 2.75) is 39.3 Å². The number of carbonyl (C=O) groups excluding carboxylic acids is 3. The fraction of sp³-hybridized carbons (Fsp3) is 0.324. The van der Waals surface area contributed by atoms with Gasteiger partial charge in [0.25, 0.3) is 17.5 Å². The number of nitro benzene ring substituents is 1. The lowest BCUT2D eigenvalue weighted by atomic mass is 9.86. The summed E-state index contributed by atoms with van der Waals surface area (Å²) in [4.78, 5) is 56.7. The smallest absolute Gasteiger partial charge is 0.378 e. The fourth-order valence-corrected chi connectivity index (χ4v) is 5.31. The minimum atomic E-state index is -1.09. The van der Waals surface area contributed by atoms with Crippen LogP contribution in [0.25, 0.3) is 0 Å². The zero-order chi connectivity index (χ0) is 33.2. The van der Waals surface area contributed by atoms with Gasteiger partial charge >= 0.3 is 5.91 Å². The molecule has 0 spiro atoms. The minimum Gasteiger partial charge on any atom is -0.378 e. The lowest BCUT2D eigenvalue weighted by Gasteiger charge is -2.26. The molecule has 2 aliphatic heterocycles. The van der Waals surface area contributed by atoms with E-state index in [2.05, 4.69) is 36.4 Å². The van der Waals surface area contributed by atoms with Gasteiger partial charge in [0.1, 0.15) is 18.3 Å². The van der Waals surface area contributed by atoms with Crippen molar-refractivity contribution in [3.63, 3.8) is 0 Å². The van der Waals surface area contributed by atoms with Gasteiger partial charge in [0.05, 0.1) is 18.1 Å². The molecule has 1 saturated heterocycles. The van der Waals surface area contributed by atoms with Crippen molar-refractivity contribution in [1.29, 1.82) is 0 Å². The van der Waals surface area contributed by atoms with Crippen LogP contribution in [0.3, 0.4) is 0 Å². The normalized spacial score (nSPS) is 16.8.